The van der Waals surface area contributed by atoms with Gasteiger partial charge in [-0.3, -0.25) is 14.5 Å². The second-order valence-corrected chi connectivity index (χ2v) is 9.16. The molecule has 1 aliphatic heterocycles. The Hall–Kier alpha value is -3.63. The summed E-state index contributed by atoms with van der Waals surface area (Å²) in [7, 11) is 4.49. The quantitative estimate of drug-likeness (QED) is 0.367. The molecule has 4 aromatic rings. The van der Waals surface area contributed by atoms with Crippen molar-refractivity contribution in [2.45, 2.75) is 19.4 Å². The molecule has 0 radical (unpaired) electrons. The molecule has 0 saturated carbocycles. The minimum Gasteiger partial charge on any atom is -0.493 e. The Morgan fingerprint density at radius 1 is 1.06 bits per heavy atom. The number of fused-ring (bicyclic) bond motifs is 2. The molecule has 11 heteroatoms. The first-order chi connectivity index (χ1) is 16.9. The highest BCUT2D eigenvalue weighted by Gasteiger charge is 2.45. The molecule has 1 aliphatic rings. The van der Waals surface area contributed by atoms with Crippen molar-refractivity contribution in [3.05, 3.63) is 67.5 Å². The van der Waals surface area contributed by atoms with Gasteiger partial charge in [0.2, 0.25) is 16.6 Å². The van der Waals surface area contributed by atoms with Crippen molar-refractivity contribution in [3.63, 3.8) is 0 Å². The average molecular weight is 514 g/mol. The van der Waals surface area contributed by atoms with Crippen molar-refractivity contribution < 1.29 is 23.4 Å². The maximum atomic E-state index is 13.8. The fourth-order valence-corrected chi connectivity index (χ4v) is 5.18. The molecule has 1 amide bonds. The first kappa shape index (κ1) is 23.1. The van der Waals surface area contributed by atoms with E-state index < -0.39 is 11.9 Å². The zero-order valence-electron chi connectivity index (χ0n) is 19.2. The van der Waals surface area contributed by atoms with Crippen LogP contribution in [0.15, 0.2) is 39.5 Å². The number of rotatable bonds is 6. The van der Waals surface area contributed by atoms with Gasteiger partial charge in [-0.1, -0.05) is 29.9 Å². The van der Waals surface area contributed by atoms with Crippen LogP contribution in [0.2, 0.25) is 5.02 Å². The molecule has 0 aliphatic carbocycles. The molecule has 0 spiro atoms. The lowest BCUT2D eigenvalue weighted by Crippen LogP contribution is -2.29. The van der Waals surface area contributed by atoms with E-state index in [9.17, 15) is 9.59 Å². The van der Waals surface area contributed by atoms with E-state index in [0.717, 1.165) is 5.01 Å². The van der Waals surface area contributed by atoms with Crippen LogP contribution in [0.25, 0.3) is 11.0 Å². The number of hydrogen-bond donors (Lipinski definition) is 0. The zero-order valence-corrected chi connectivity index (χ0v) is 20.8. The summed E-state index contributed by atoms with van der Waals surface area (Å²) in [6.45, 7) is 1.95. The summed E-state index contributed by atoms with van der Waals surface area (Å²) in [5.74, 6) is 0.588. The van der Waals surface area contributed by atoms with Gasteiger partial charge >= 0.3 is 0 Å². The van der Waals surface area contributed by atoms with Gasteiger partial charge in [-0.2, -0.15) is 0 Å². The SMILES string of the molecule is CCc1nnc(N2C(=O)c3oc4ccc(Cl)cc4c(=O)c3[C@@H]2c2cc(OC)c(OC)c(OC)c2)s1. The number of halogens is 1. The second-order valence-electron chi connectivity index (χ2n) is 7.68. The van der Waals surface area contributed by atoms with E-state index in [0.29, 0.717) is 39.4 Å². The Morgan fingerprint density at radius 3 is 2.37 bits per heavy atom. The lowest BCUT2D eigenvalue weighted by molar-refractivity contribution is 0.0970. The number of aryl methyl sites for hydroxylation is 1. The number of amides is 1. The van der Waals surface area contributed by atoms with Crippen LogP contribution in [-0.2, 0) is 6.42 Å². The smallest absolute Gasteiger partial charge is 0.297 e. The Bertz CT molecular complexity index is 1510. The first-order valence-corrected chi connectivity index (χ1v) is 11.8. The molecule has 3 heterocycles. The summed E-state index contributed by atoms with van der Waals surface area (Å²) in [6.07, 6.45) is 0.654. The number of carbonyl (C=O) groups is 1. The molecule has 0 fully saturated rings. The van der Waals surface area contributed by atoms with Crippen LogP contribution in [-0.4, -0.2) is 37.4 Å². The van der Waals surface area contributed by atoms with Gasteiger partial charge in [0.1, 0.15) is 10.6 Å². The molecule has 0 saturated heterocycles. The topological polar surface area (TPSA) is 104 Å². The highest BCUT2D eigenvalue weighted by molar-refractivity contribution is 7.15. The van der Waals surface area contributed by atoms with Crippen LogP contribution in [0.3, 0.4) is 0 Å². The van der Waals surface area contributed by atoms with Crippen molar-refractivity contribution in [1.29, 1.82) is 0 Å². The van der Waals surface area contributed by atoms with Gasteiger partial charge in [0.25, 0.3) is 5.91 Å². The maximum absolute atomic E-state index is 13.8. The summed E-state index contributed by atoms with van der Waals surface area (Å²) in [5.41, 5.74) is 0.628. The van der Waals surface area contributed by atoms with Gasteiger partial charge in [-0.25, -0.2) is 0 Å². The maximum Gasteiger partial charge on any atom is 0.297 e. The van der Waals surface area contributed by atoms with E-state index in [4.69, 9.17) is 30.2 Å². The molecular formula is C24H20ClN3O6S. The second kappa shape index (κ2) is 8.86. The Kier molecular flexibility index (Phi) is 5.86. The molecule has 2 aromatic carbocycles. The summed E-state index contributed by atoms with van der Waals surface area (Å²) < 4.78 is 22.5. The van der Waals surface area contributed by atoms with E-state index in [1.54, 1.807) is 24.3 Å². The molecule has 0 N–H and O–H groups in total. The van der Waals surface area contributed by atoms with Crippen LogP contribution < -0.4 is 24.5 Å². The molecule has 35 heavy (non-hydrogen) atoms. The van der Waals surface area contributed by atoms with Gasteiger partial charge in [-0.15, -0.1) is 10.2 Å². The first-order valence-electron chi connectivity index (χ1n) is 10.6. The van der Waals surface area contributed by atoms with Gasteiger partial charge in [0.15, 0.2) is 16.9 Å². The van der Waals surface area contributed by atoms with Crippen molar-refractivity contribution in [2.75, 3.05) is 26.2 Å². The van der Waals surface area contributed by atoms with E-state index in [1.807, 2.05) is 6.92 Å². The number of carbonyl (C=O) groups excluding carboxylic acids is 1. The standard InChI is InChI=1S/C24H20ClN3O6S/c1-5-17-26-27-24(35-17)28-19(11-8-15(31-2)21(33-4)16(9-11)32-3)18-20(29)13-10-12(25)6-7-14(13)34-22(18)23(28)30/h6-10,19H,5H2,1-4H3/t19-/m0/s1. The lowest BCUT2D eigenvalue weighted by Gasteiger charge is -2.24. The molecule has 0 bridgehead atoms. The zero-order chi connectivity index (χ0) is 24.9. The third-order valence-electron chi connectivity index (χ3n) is 5.80. The number of benzene rings is 2. The largest absolute Gasteiger partial charge is 0.493 e. The molecule has 0 unspecified atom stereocenters. The Morgan fingerprint density at radius 2 is 1.77 bits per heavy atom. The molecule has 5 rings (SSSR count). The number of hydrogen-bond acceptors (Lipinski definition) is 9. The number of anilines is 1. The Labute approximate surface area is 208 Å². The fourth-order valence-electron chi connectivity index (χ4n) is 4.20. The van der Waals surface area contributed by atoms with Gasteiger partial charge < -0.3 is 18.6 Å². The third kappa shape index (κ3) is 3.60. The van der Waals surface area contributed by atoms with Crippen molar-refractivity contribution in [2.24, 2.45) is 0 Å². The highest BCUT2D eigenvalue weighted by atomic mass is 35.5. The molecular weight excluding hydrogens is 494 g/mol. The normalized spacial score (nSPS) is 14.9. The van der Waals surface area contributed by atoms with Crippen LogP contribution in [0.1, 0.15) is 39.7 Å². The predicted octanol–water partition coefficient (Wildman–Crippen LogP) is 4.64. The number of ether oxygens (including phenoxy) is 3. The van der Waals surface area contributed by atoms with E-state index in [2.05, 4.69) is 10.2 Å². The number of nitrogens with zero attached hydrogens (tertiary/aromatic N) is 3. The van der Waals surface area contributed by atoms with Crippen LogP contribution >= 0.6 is 22.9 Å². The summed E-state index contributed by atoms with van der Waals surface area (Å²) in [5, 5.41) is 10.2. The van der Waals surface area contributed by atoms with Gasteiger partial charge in [0.05, 0.1) is 38.3 Å². The Balaban J connectivity index is 1.83. The summed E-state index contributed by atoms with van der Waals surface area (Å²) >= 11 is 7.43. The van der Waals surface area contributed by atoms with Crippen LogP contribution in [0.4, 0.5) is 5.13 Å². The summed E-state index contributed by atoms with van der Waals surface area (Å²) in [6, 6.07) is 7.23. The van der Waals surface area contributed by atoms with E-state index in [-0.39, 0.29) is 27.7 Å². The average Bonchev–Trinajstić information content (AvgIpc) is 3.46. The minimum atomic E-state index is -0.872. The fraction of sp³-hybridized carbons (Fsp3) is 0.250. The number of methoxy groups -OCH3 is 3. The molecule has 180 valence electrons. The van der Waals surface area contributed by atoms with Crippen LogP contribution in [0, 0.1) is 0 Å². The predicted molar refractivity (Wildman–Crippen MR) is 132 cm³/mol. The van der Waals surface area contributed by atoms with E-state index >= 15 is 0 Å². The van der Waals surface area contributed by atoms with Gasteiger partial charge in [-0.05, 0) is 42.3 Å². The molecule has 1 atom stereocenters. The lowest BCUT2D eigenvalue weighted by atomic mass is 9.98. The monoisotopic (exact) mass is 513 g/mol. The minimum absolute atomic E-state index is 0.0585. The number of aromatic nitrogens is 2. The molecule has 9 nitrogen and oxygen atoms in total. The van der Waals surface area contributed by atoms with Crippen molar-refractivity contribution in [1.82, 2.24) is 10.2 Å². The van der Waals surface area contributed by atoms with Crippen LogP contribution in [0.5, 0.6) is 17.2 Å². The third-order valence-corrected chi connectivity index (χ3v) is 7.10. The van der Waals surface area contributed by atoms with Crippen molar-refractivity contribution in [3.8, 4) is 17.2 Å². The molecule has 2 aromatic heterocycles. The van der Waals surface area contributed by atoms with Gasteiger partial charge in [0, 0.05) is 5.02 Å². The summed E-state index contributed by atoms with van der Waals surface area (Å²) in [4.78, 5) is 28.9. The van der Waals surface area contributed by atoms with Crippen molar-refractivity contribution >= 4 is 44.9 Å². The van der Waals surface area contributed by atoms with E-state index in [1.165, 1.54) is 43.6 Å². The highest BCUT2D eigenvalue weighted by Crippen LogP contribution is 2.46.